The van der Waals surface area contributed by atoms with Crippen LogP contribution >= 0.6 is 67.8 Å². The molecule has 7 nitrogen and oxygen atoms in total. The molecule has 6 rings (SSSR count). The summed E-state index contributed by atoms with van der Waals surface area (Å²) in [6, 6.07) is 16.6. The average molecular weight is 1060 g/mol. The van der Waals surface area contributed by atoms with Gasteiger partial charge >= 0.3 is 25.4 Å². The van der Waals surface area contributed by atoms with E-state index in [1.165, 1.54) is 0 Å². The van der Waals surface area contributed by atoms with E-state index in [4.69, 9.17) is 29.4 Å². The summed E-state index contributed by atoms with van der Waals surface area (Å²) in [7, 11) is -1.24. The van der Waals surface area contributed by atoms with Gasteiger partial charge in [0.2, 0.25) is 0 Å². The summed E-state index contributed by atoms with van der Waals surface area (Å²) in [4.78, 5) is 32.4. The van der Waals surface area contributed by atoms with Gasteiger partial charge in [-0.1, -0.05) is 49.5 Å². The van der Waals surface area contributed by atoms with Crippen LogP contribution in [0.1, 0.15) is 58.0 Å². The Morgan fingerprint density at radius 2 is 1.18 bits per heavy atom. The van der Waals surface area contributed by atoms with Crippen LogP contribution in [0.25, 0.3) is 46.4 Å². The first-order valence-electron chi connectivity index (χ1n) is 16.0. The Kier molecular flexibility index (Phi) is 13.4. The molecule has 1 aromatic carbocycles. The van der Waals surface area contributed by atoms with Crippen molar-refractivity contribution in [1.29, 1.82) is 0 Å². The summed E-state index contributed by atoms with van der Waals surface area (Å²) in [5, 5.41) is 0. The van der Waals surface area contributed by atoms with Crippen molar-refractivity contribution in [3.63, 3.8) is 0 Å². The number of halogens is 3. The fourth-order valence-corrected chi connectivity index (χ4v) is 7.81. The van der Waals surface area contributed by atoms with Crippen molar-refractivity contribution in [1.82, 2.24) is 19.9 Å². The van der Waals surface area contributed by atoms with Gasteiger partial charge < -0.3 is 19.4 Å². The summed E-state index contributed by atoms with van der Waals surface area (Å²) in [5.74, 6) is 0.478. The molecule has 2 aliphatic rings. The van der Waals surface area contributed by atoms with E-state index in [1.54, 1.807) is 12.1 Å². The van der Waals surface area contributed by atoms with Gasteiger partial charge in [0.15, 0.2) is 0 Å². The molecule has 0 amide bonds. The second-order valence-electron chi connectivity index (χ2n) is 12.9. The molecule has 0 spiro atoms. The molecule has 0 fully saturated rings. The first-order chi connectivity index (χ1) is 23.1. The maximum Gasteiger partial charge on any atom is 2.00 e. The van der Waals surface area contributed by atoms with Crippen LogP contribution < -0.4 is 14.7 Å². The van der Waals surface area contributed by atoms with Crippen LogP contribution in [-0.4, -0.2) is 37.2 Å². The number of aryl methyl sites for hydroxylation is 1. The predicted molar refractivity (Wildman–Crippen MR) is 223 cm³/mol. The number of hydrogen-bond acceptors (Lipinski definition) is 5. The van der Waals surface area contributed by atoms with Gasteiger partial charge in [0.1, 0.15) is 5.75 Å². The van der Waals surface area contributed by atoms with Gasteiger partial charge in [-0.3, -0.25) is 0 Å². The van der Waals surface area contributed by atoms with E-state index in [-0.39, 0.29) is 25.4 Å². The van der Waals surface area contributed by atoms with Crippen molar-refractivity contribution < 1.29 is 33.7 Å². The molecule has 0 saturated carbocycles. The Labute approximate surface area is 341 Å². The Bertz CT molecular complexity index is 1970. The van der Waals surface area contributed by atoms with E-state index in [1.807, 2.05) is 12.1 Å². The number of carbonyl (C=O) groups is 1. The number of hydrogen-bond donors (Lipinski definition) is 0. The summed E-state index contributed by atoms with van der Waals surface area (Å²) in [6.07, 6.45) is 11.9. The van der Waals surface area contributed by atoms with Gasteiger partial charge in [-0.05, 0) is 148 Å². The van der Waals surface area contributed by atoms with Crippen LogP contribution in [0.15, 0.2) is 48.5 Å². The minimum Gasteiger partial charge on any atom is -0.657 e. The standard InChI is InChI=1S/C37H35I3N4O3Si.Zn/c1-48(2,3)22-21-47-37(45)23-8-10-24(11-9-23)46-20-6-4-5-7-25-26-12-14-28(41-26)34(38)30-16-18-32(43-30)36(40)33-19-17-31(44-33)35(39)29-15-13-27(25)42-29;/h8-19H,4-7,20-22H2,1-3H3;/q-2;+2. The topological polar surface area (TPSA) is 89.5 Å². The monoisotopic (exact) mass is 1060 g/mol. The van der Waals surface area contributed by atoms with Crippen LogP contribution in [0.2, 0.25) is 25.7 Å². The summed E-state index contributed by atoms with van der Waals surface area (Å²) in [6.45, 7) is 7.89. The second-order valence-corrected chi connectivity index (χ2v) is 21.8. The molecule has 2 aliphatic heterocycles. The SMILES string of the molecule is C[Si](C)(C)CCOC(=O)c1ccc(OCCCCCc2c3ccc([n-]3)c(I)c3nc(c(I)c4nc(c(I)c5ccc2[n-]5)C=C4)C=C3)cc1.[Zn+2]. The largest absolute Gasteiger partial charge is 2.00 e. The third kappa shape index (κ3) is 9.72. The van der Waals surface area contributed by atoms with Crippen molar-refractivity contribution in [2.75, 3.05) is 13.2 Å². The summed E-state index contributed by atoms with van der Waals surface area (Å²) >= 11 is 7.04. The quantitative estimate of drug-likeness (QED) is 0.0553. The fraction of sp³-hybridized carbons (Fsp3) is 0.270. The minimum absolute atomic E-state index is 0. The van der Waals surface area contributed by atoms with Crippen LogP contribution in [-0.2, 0) is 30.6 Å². The van der Waals surface area contributed by atoms with E-state index in [9.17, 15) is 4.79 Å². The number of unbranched alkanes of at least 4 members (excludes halogenated alkanes) is 2. The van der Waals surface area contributed by atoms with Gasteiger partial charge in [0, 0.05) is 15.2 Å². The first-order valence-corrected chi connectivity index (χ1v) is 22.9. The van der Waals surface area contributed by atoms with Gasteiger partial charge in [-0.2, -0.15) is 0 Å². The number of fused-ring (bicyclic) bond motifs is 8. The van der Waals surface area contributed by atoms with Crippen molar-refractivity contribution in [2.45, 2.75) is 51.4 Å². The van der Waals surface area contributed by atoms with E-state index in [0.717, 1.165) is 98.6 Å². The number of aromatic nitrogens is 4. The maximum atomic E-state index is 12.4. The Morgan fingerprint density at radius 3 is 1.71 bits per heavy atom. The van der Waals surface area contributed by atoms with E-state index < -0.39 is 8.07 Å². The minimum atomic E-state index is -1.24. The normalized spacial score (nSPS) is 12.2. The Hall–Kier alpha value is -1.88. The zero-order valence-corrected chi connectivity index (χ0v) is 38.2. The van der Waals surface area contributed by atoms with E-state index >= 15 is 0 Å². The molecule has 0 unspecified atom stereocenters. The molecule has 8 bridgehead atoms. The average Bonchev–Trinajstić information content (AvgIpc) is 3.89. The molecule has 248 valence electrons. The zero-order chi connectivity index (χ0) is 33.8. The fourth-order valence-electron chi connectivity index (χ4n) is 5.29. The molecule has 0 aliphatic carbocycles. The van der Waals surface area contributed by atoms with Crippen molar-refractivity contribution >= 4 is 128 Å². The van der Waals surface area contributed by atoms with Gasteiger partial charge in [-0.15, -0.1) is 22.1 Å². The van der Waals surface area contributed by atoms with Gasteiger partial charge in [0.25, 0.3) is 0 Å². The number of benzene rings is 1. The van der Waals surface area contributed by atoms with Crippen LogP contribution in [0, 0.1) is 10.7 Å². The smallest absolute Gasteiger partial charge is 0.657 e. The van der Waals surface area contributed by atoms with Crippen molar-refractivity contribution in [3.8, 4) is 5.75 Å². The molecular formula is C37H35I3N4O3SiZn. The van der Waals surface area contributed by atoms with Gasteiger partial charge in [0.05, 0.1) is 45.1 Å². The molecule has 49 heavy (non-hydrogen) atoms. The van der Waals surface area contributed by atoms with Crippen molar-refractivity contribution in [3.05, 3.63) is 93.1 Å². The summed E-state index contributed by atoms with van der Waals surface area (Å²) in [5.41, 5.74) is 9.05. The van der Waals surface area contributed by atoms with Crippen LogP contribution in [0.5, 0.6) is 5.75 Å². The molecule has 0 N–H and O–H groups in total. The van der Waals surface area contributed by atoms with Crippen LogP contribution in [0.3, 0.4) is 0 Å². The van der Waals surface area contributed by atoms with Crippen molar-refractivity contribution in [2.24, 2.45) is 0 Å². The number of esters is 1. The number of rotatable bonds is 11. The molecule has 0 atom stereocenters. The van der Waals surface area contributed by atoms with E-state index in [0.29, 0.717) is 18.8 Å². The third-order valence-electron chi connectivity index (χ3n) is 8.04. The maximum absolute atomic E-state index is 12.4. The Balaban J connectivity index is 0.00000468. The molecule has 0 radical (unpaired) electrons. The number of nitrogens with zero attached hydrogens (tertiary/aromatic N) is 4. The third-order valence-corrected chi connectivity index (χ3v) is 13.1. The molecule has 4 aromatic rings. The number of ether oxygens (including phenoxy) is 2. The van der Waals surface area contributed by atoms with E-state index in [2.05, 4.69) is 136 Å². The molecule has 3 aromatic heterocycles. The molecule has 5 heterocycles. The molecular weight excluding hydrogens is 1020 g/mol. The van der Waals surface area contributed by atoms with Crippen LogP contribution in [0.4, 0.5) is 0 Å². The predicted octanol–water partition coefficient (Wildman–Crippen LogP) is 10.0. The molecule has 0 saturated heterocycles. The summed E-state index contributed by atoms with van der Waals surface area (Å²) < 4.78 is 14.5. The number of carbonyl (C=O) groups excluding carboxylic acids is 1. The van der Waals surface area contributed by atoms with Gasteiger partial charge in [-0.25, -0.2) is 14.8 Å². The second kappa shape index (κ2) is 17.1. The zero-order valence-electron chi connectivity index (χ0n) is 27.7. The molecule has 12 heteroatoms. The first kappa shape index (κ1) is 38.4. The Morgan fingerprint density at radius 1 is 0.673 bits per heavy atom.